The Bertz CT molecular complexity index is 647. The standard InChI is InChI=1S/C15H13FN2S/c1-10-6-11(8-17)2-3-12(10)9-19-15-5-4-13(16)7-14(15)18/h2-7H,9,18H2,1H3. The van der Waals surface area contributed by atoms with Gasteiger partial charge in [0.2, 0.25) is 0 Å². The first kappa shape index (κ1) is 13.4. The van der Waals surface area contributed by atoms with Crippen LogP contribution in [0.4, 0.5) is 10.1 Å². The molecule has 4 heteroatoms. The van der Waals surface area contributed by atoms with E-state index in [9.17, 15) is 4.39 Å². The van der Waals surface area contributed by atoms with Crippen LogP contribution in [0.5, 0.6) is 0 Å². The molecule has 0 bridgehead atoms. The minimum absolute atomic E-state index is 0.323. The van der Waals surface area contributed by atoms with Gasteiger partial charge in [0.15, 0.2) is 0 Å². The second-order valence-corrected chi connectivity index (χ2v) is 5.24. The SMILES string of the molecule is Cc1cc(C#N)ccc1CSc1ccc(F)cc1N. The highest BCUT2D eigenvalue weighted by atomic mass is 32.2. The summed E-state index contributed by atoms with van der Waals surface area (Å²) in [5.74, 6) is 0.421. The van der Waals surface area contributed by atoms with Gasteiger partial charge >= 0.3 is 0 Å². The van der Waals surface area contributed by atoms with Gasteiger partial charge in [-0.05, 0) is 48.4 Å². The molecule has 0 saturated heterocycles. The molecule has 19 heavy (non-hydrogen) atoms. The molecule has 2 rings (SSSR count). The molecule has 2 aromatic rings. The molecule has 0 atom stereocenters. The van der Waals surface area contributed by atoms with Crippen LogP contribution < -0.4 is 5.73 Å². The number of hydrogen-bond donors (Lipinski definition) is 1. The third-order valence-corrected chi connectivity index (χ3v) is 3.96. The van der Waals surface area contributed by atoms with Gasteiger partial charge in [-0.15, -0.1) is 11.8 Å². The zero-order valence-corrected chi connectivity index (χ0v) is 11.3. The van der Waals surface area contributed by atoms with Crippen LogP contribution in [-0.4, -0.2) is 0 Å². The lowest BCUT2D eigenvalue weighted by molar-refractivity contribution is 0.627. The number of nitrogen functional groups attached to an aromatic ring is 1. The van der Waals surface area contributed by atoms with Crippen LogP contribution >= 0.6 is 11.8 Å². The van der Waals surface area contributed by atoms with E-state index >= 15 is 0 Å². The summed E-state index contributed by atoms with van der Waals surface area (Å²) in [6, 6.07) is 12.2. The highest BCUT2D eigenvalue weighted by molar-refractivity contribution is 7.98. The number of nitrogens with two attached hydrogens (primary N) is 1. The Morgan fingerprint density at radius 2 is 2.05 bits per heavy atom. The van der Waals surface area contributed by atoms with E-state index in [1.165, 1.54) is 12.1 Å². The minimum Gasteiger partial charge on any atom is -0.398 e. The molecule has 0 aliphatic carbocycles. The zero-order chi connectivity index (χ0) is 13.8. The average Bonchev–Trinajstić information content (AvgIpc) is 2.39. The summed E-state index contributed by atoms with van der Waals surface area (Å²) < 4.78 is 12.9. The summed E-state index contributed by atoms with van der Waals surface area (Å²) in [6.45, 7) is 1.98. The number of halogens is 1. The van der Waals surface area contributed by atoms with Crippen LogP contribution in [0.15, 0.2) is 41.3 Å². The second-order valence-electron chi connectivity index (χ2n) is 4.22. The molecule has 0 spiro atoms. The van der Waals surface area contributed by atoms with Crippen molar-refractivity contribution in [3.63, 3.8) is 0 Å². The molecular formula is C15H13FN2S. The first-order chi connectivity index (χ1) is 9.10. The van der Waals surface area contributed by atoms with Crippen molar-refractivity contribution in [3.8, 4) is 6.07 Å². The summed E-state index contributed by atoms with van der Waals surface area (Å²) in [7, 11) is 0. The van der Waals surface area contributed by atoms with Crippen molar-refractivity contribution < 1.29 is 4.39 Å². The maximum atomic E-state index is 12.9. The van der Waals surface area contributed by atoms with Gasteiger partial charge < -0.3 is 5.73 Å². The molecule has 0 heterocycles. The largest absolute Gasteiger partial charge is 0.398 e. The lowest BCUT2D eigenvalue weighted by Crippen LogP contribution is -1.92. The maximum absolute atomic E-state index is 12.9. The number of benzene rings is 2. The Morgan fingerprint density at radius 3 is 2.68 bits per heavy atom. The molecule has 0 amide bonds. The van der Waals surface area contributed by atoms with E-state index in [4.69, 9.17) is 11.0 Å². The summed E-state index contributed by atoms with van der Waals surface area (Å²) in [6.07, 6.45) is 0. The Balaban J connectivity index is 2.13. The lowest BCUT2D eigenvalue weighted by Gasteiger charge is -2.08. The van der Waals surface area contributed by atoms with E-state index in [0.717, 1.165) is 21.8 Å². The molecule has 0 aliphatic rings. The van der Waals surface area contributed by atoms with Gasteiger partial charge in [-0.2, -0.15) is 5.26 Å². The van der Waals surface area contributed by atoms with Gasteiger partial charge in [-0.3, -0.25) is 0 Å². The smallest absolute Gasteiger partial charge is 0.125 e. The molecule has 0 aliphatic heterocycles. The maximum Gasteiger partial charge on any atom is 0.125 e. The van der Waals surface area contributed by atoms with Crippen LogP contribution in [0.25, 0.3) is 0 Å². The van der Waals surface area contributed by atoms with Crippen molar-refractivity contribution in [2.75, 3.05) is 5.73 Å². The summed E-state index contributed by atoms with van der Waals surface area (Å²) in [5.41, 5.74) is 9.10. The molecule has 0 aromatic heterocycles. The first-order valence-corrected chi connectivity index (χ1v) is 6.76. The number of aryl methyl sites for hydroxylation is 1. The minimum atomic E-state index is -0.323. The number of nitriles is 1. The van der Waals surface area contributed by atoms with Crippen LogP contribution in [0, 0.1) is 24.1 Å². The molecule has 0 radical (unpaired) electrons. The quantitative estimate of drug-likeness (QED) is 0.681. The number of anilines is 1. The topological polar surface area (TPSA) is 49.8 Å². The van der Waals surface area contributed by atoms with E-state index in [1.54, 1.807) is 23.9 Å². The second kappa shape index (κ2) is 5.77. The lowest BCUT2D eigenvalue weighted by atomic mass is 10.1. The van der Waals surface area contributed by atoms with Crippen molar-refractivity contribution in [1.82, 2.24) is 0 Å². The highest BCUT2D eigenvalue weighted by Gasteiger charge is 2.05. The third-order valence-electron chi connectivity index (χ3n) is 2.83. The van der Waals surface area contributed by atoms with Crippen molar-refractivity contribution >= 4 is 17.4 Å². The van der Waals surface area contributed by atoms with Crippen LogP contribution in [0.2, 0.25) is 0 Å². The Labute approximate surface area is 116 Å². The molecule has 2 aromatic carbocycles. The predicted molar refractivity (Wildman–Crippen MR) is 76.3 cm³/mol. The van der Waals surface area contributed by atoms with E-state index in [0.29, 0.717) is 11.3 Å². The fraction of sp³-hybridized carbons (Fsp3) is 0.133. The number of nitrogens with zero attached hydrogens (tertiary/aromatic N) is 1. The average molecular weight is 272 g/mol. The van der Waals surface area contributed by atoms with E-state index in [2.05, 4.69) is 6.07 Å². The van der Waals surface area contributed by atoms with Crippen molar-refractivity contribution in [2.45, 2.75) is 17.6 Å². The Morgan fingerprint density at radius 1 is 1.26 bits per heavy atom. The van der Waals surface area contributed by atoms with E-state index < -0.39 is 0 Å². The summed E-state index contributed by atoms with van der Waals surface area (Å²) >= 11 is 1.56. The number of thioether (sulfide) groups is 1. The van der Waals surface area contributed by atoms with Crippen molar-refractivity contribution in [3.05, 3.63) is 58.9 Å². The molecule has 0 saturated carbocycles. The van der Waals surface area contributed by atoms with Crippen molar-refractivity contribution in [1.29, 1.82) is 5.26 Å². The zero-order valence-electron chi connectivity index (χ0n) is 10.5. The van der Waals surface area contributed by atoms with E-state index in [1.807, 2.05) is 19.1 Å². The Kier molecular flexibility index (Phi) is 4.08. The normalized spacial score (nSPS) is 10.2. The third kappa shape index (κ3) is 3.27. The van der Waals surface area contributed by atoms with Gasteiger partial charge in [0, 0.05) is 16.3 Å². The molecule has 0 fully saturated rings. The fourth-order valence-electron chi connectivity index (χ4n) is 1.73. The number of hydrogen-bond acceptors (Lipinski definition) is 3. The molecule has 0 unspecified atom stereocenters. The van der Waals surface area contributed by atoms with Crippen molar-refractivity contribution in [2.24, 2.45) is 0 Å². The van der Waals surface area contributed by atoms with Gasteiger partial charge in [-0.1, -0.05) is 6.07 Å². The van der Waals surface area contributed by atoms with Gasteiger partial charge in [0.05, 0.1) is 11.6 Å². The molecular weight excluding hydrogens is 259 g/mol. The fourth-order valence-corrected chi connectivity index (χ4v) is 2.76. The molecule has 2 N–H and O–H groups in total. The van der Waals surface area contributed by atoms with Gasteiger partial charge in [-0.25, -0.2) is 4.39 Å². The Hall–Kier alpha value is -1.99. The highest BCUT2D eigenvalue weighted by Crippen LogP contribution is 2.29. The summed E-state index contributed by atoms with van der Waals surface area (Å²) in [5, 5.41) is 8.82. The van der Waals surface area contributed by atoms with Crippen LogP contribution in [0.3, 0.4) is 0 Å². The first-order valence-electron chi connectivity index (χ1n) is 5.77. The predicted octanol–water partition coefficient (Wildman–Crippen LogP) is 3.88. The van der Waals surface area contributed by atoms with Gasteiger partial charge in [0.1, 0.15) is 5.82 Å². The van der Waals surface area contributed by atoms with E-state index in [-0.39, 0.29) is 5.82 Å². The molecule has 2 nitrogen and oxygen atoms in total. The monoisotopic (exact) mass is 272 g/mol. The summed E-state index contributed by atoms with van der Waals surface area (Å²) in [4.78, 5) is 0.866. The van der Waals surface area contributed by atoms with Crippen LogP contribution in [0.1, 0.15) is 16.7 Å². The van der Waals surface area contributed by atoms with Crippen LogP contribution in [-0.2, 0) is 5.75 Å². The molecule has 96 valence electrons. The van der Waals surface area contributed by atoms with Gasteiger partial charge in [0.25, 0.3) is 0 Å². The number of rotatable bonds is 3.